The molecule has 0 spiro atoms. The first-order chi connectivity index (χ1) is 9.63. The van der Waals surface area contributed by atoms with Crippen molar-refractivity contribution in [3.63, 3.8) is 0 Å². The predicted octanol–water partition coefficient (Wildman–Crippen LogP) is 2.24. The van der Waals surface area contributed by atoms with Crippen molar-refractivity contribution in [3.05, 3.63) is 35.6 Å². The molecule has 1 aliphatic rings. The monoisotopic (exact) mass is 276 g/mol. The standard InChI is InChI=1S/C16H24N2O2/c1-3-4-6-14-11-17-12-15(14)7-5-8-16(20)18-10-9-13(2)19/h3-4,6,12,17H,5,7-11H2,1-2H3,(H,18,20)/b4-3-,14-6+. The fraction of sp³-hybridized carbons (Fsp3) is 0.500. The molecule has 0 saturated carbocycles. The first kappa shape index (κ1) is 16.2. The Labute approximate surface area is 121 Å². The lowest BCUT2D eigenvalue weighted by atomic mass is 10.0. The molecular formula is C16H24N2O2. The van der Waals surface area contributed by atoms with Gasteiger partial charge in [-0.15, -0.1) is 0 Å². The molecule has 1 rings (SSSR count). The number of Topliss-reactive ketones (excluding diaryl/α,β-unsaturated/α-hetero) is 1. The van der Waals surface area contributed by atoms with Crippen LogP contribution in [0.4, 0.5) is 0 Å². The van der Waals surface area contributed by atoms with Crippen LogP contribution in [0.2, 0.25) is 0 Å². The molecule has 0 aromatic carbocycles. The topological polar surface area (TPSA) is 58.2 Å². The van der Waals surface area contributed by atoms with E-state index in [0.29, 0.717) is 19.4 Å². The number of carbonyl (C=O) groups is 2. The van der Waals surface area contributed by atoms with Gasteiger partial charge in [0.25, 0.3) is 0 Å². The van der Waals surface area contributed by atoms with Gasteiger partial charge in [0.2, 0.25) is 5.91 Å². The van der Waals surface area contributed by atoms with Crippen LogP contribution in [0.3, 0.4) is 0 Å². The molecule has 110 valence electrons. The maximum absolute atomic E-state index is 11.6. The summed E-state index contributed by atoms with van der Waals surface area (Å²) in [6, 6.07) is 0. The molecule has 0 radical (unpaired) electrons. The average Bonchev–Trinajstić information content (AvgIpc) is 2.83. The van der Waals surface area contributed by atoms with Crippen molar-refractivity contribution < 1.29 is 9.59 Å². The predicted molar refractivity (Wildman–Crippen MR) is 81.1 cm³/mol. The van der Waals surface area contributed by atoms with Gasteiger partial charge in [0, 0.05) is 32.1 Å². The molecule has 1 aliphatic heterocycles. The van der Waals surface area contributed by atoms with Gasteiger partial charge in [-0.3, -0.25) is 9.59 Å². The molecular weight excluding hydrogens is 252 g/mol. The van der Waals surface area contributed by atoms with Gasteiger partial charge in [0.1, 0.15) is 5.78 Å². The zero-order valence-corrected chi connectivity index (χ0v) is 12.4. The van der Waals surface area contributed by atoms with Gasteiger partial charge in [0.15, 0.2) is 0 Å². The Morgan fingerprint density at radius 2 is 2.20 bits per heavy atom. The van der Waals surface area contributed by atoms with Crippen molar-refractivity contribution in [1.82, 2.24) is 10.6 Å². The molecule has 0 fully saturated rings. The van der Waals surface area contributed by atoms with Crippen LogP contribution < -0.4 is 10.6 Å². The summed E-state index contributed by atoms with van der Waals surface area (Å²) >= 11 is 0. The highest BCUT2D eigenvalue weighted by molar-refractivity contribution is 5.78. The number of rotatable bonds is 8. The summed E-state index contributed by atoms with van der Waals surface area (Å²) in [7, 11) is 0. The van der Waals surface area contributed by atoms with E-state index in [4.69, 9.17) is 0 Å². The maximum atomic E-state index is 11.6. The first-order valence-electron chi connectivity index (χ1n) is 7.14. The Balaban J connectivity index is 2.23. The van der Waals surface area contributed by atoms with Gasteiger partial charge in [-0.05, 0) is 37.8 Å². The smallest absolute Gasteiger partial charge is 0.220 e. The molecule has 4 heteroatoms. The number of hydrogen-bond acceptors (Lipinski definition) is 3. The van der Waals surface area contributed by atoms with Crippen LogP contribution in [0.25, 0.3) is 0 Å². The lowest BCUT2D eigenvalue weighted by molar-refractivity contribution is -0.121. The molecule has 0 bridgehead atoms. The summed E-state index contributed by atoms with van der Waals surface area (Å²) in [5.74, 6) is 0.128. The molecule has 0 unspecified atom stereocenters. The molecule has 1 heterocycles. The van der Waals surface area contributed by atoms with Crippen molar-refractivity contribution in [2.24, 2.45) is 0 Å². The largest absolute Gasteiger partial charge is 0.387 e. The first-order valence-corrected chi connectivity index (χ1v) is 7.14. The Bertz CT molecular complexity index is 434. The number of allylic oxidation sites excluding steroid dienone is 3. The maximum Gasteiger partial charge on any atom is 0.220 e. The molecule has 0 saturated heterocycles. The van der Waals surface area contributed by atoms with Gasteiger partial charge in [0.05, 0.1) is 0 Å². The number of amides is 1. The summed E-state index contributed by atoms with van der Waals surface area (Å²) in [6.45, 7) is 4.84. The van der Waals surface area contributed by atoms with Crippen LogP contribution in [0.5, 0.6) is 0 Å². The third kappa shape index (κ3) is 6.36. The second-order valence-electron chi connectivity index (χ2n) is 4.92. The van der Waals surface area contributed by atoms with E-state index in [1.165, 1.54) is 18.1 Å². The van der Waals surface area contributed by atoms with E-state index in [0.717, 1.165) is 19.4 Å². The molecule has 1 amide bonds. The van der Waals surface area contributed by atoms with E-state index in [-0.39, 0.29) is 11.7 Å². The lowest BCUT2D eigenvalue weighted by Gasteiger charge is -2.05. The van der Waals surface area contributed by atoms with Gasteiger partial charge in [-0.25, -0.2) is 0 Å². The molecule has 0 aromatic rings. The van der Waals surface area contributed by atoms with Crippen molar-refractivity contribution in [3.8, 4) is 0 Å². The van der Waals surface area contributed by atoms with Crippen molar-refractivity contribution >= 4 is 11.7 Å². The Hall–Kier alpha value is -1.84. The van der Waals surface area contributed by atoms with Crippen molar-refractivity contribution in [2.75, 3.05) is 13.1 Å². The number of carbonyl (C=O) groups excluding carboxylic acids is 2. The minimum Gasteiger partial charge on any atom is -0.387 e. The van der Waals surface area contributed by atoms with E-state index in [9.17, 15) is 9.59 Å². The average molecular weight is 276 g/mol. The van der Waals surface area contributed by atoms with E-state index < -0.39 is 0 Å². The zero-order valence-electron chi connectivity index (χ0n) is 12.4. The fourth-order valence-electron chi connectivity index (χ4n) is 2.01. The van der Waals surface area contributed by atoms with Gasteiger partial charge < -0.3 is 10.6 Å². The Kier molecular flexibility index (Phi) is 7.40. The molecule has 0 aromatic heterocycles. The van der Waals surface area contributed by atoms with Crippen molar-refractivity contribution in [1.29, 1.82) is 0 Å². The van der Waals surface area contributed by atoms with Gasteiger partial charge >= 0.3 is 0 Å². The SMILES string of the molecule is C/C=C\C=C1/CNC=C1CCCC(=O)NCCC(C)=O. The number of hydrogen-bond donors (Lipinski definition) is 2. The molecule has 4 nitrogen and oxygen atoms in total. The highest BCUT2D eigenvalue weighted by Gasteiger charge is 2.11. The van der Waals surface area contributed by atoms with Crippen LogP contribution in [-0.2, 0) is 9.59 Å². The molecule has 0 aliphatic carbocycles. The van der Waals surface area contributed by atoms with Crippen LogP contribution in [0, 0.1) is 0 Å². The minimum atomic E-state index is 0.0248. The highest BCUT2D eigenvalue weighted by atomic mass is 16.1. The molecule has 20 heavy (non-hydrogen) atoms. The highest BCUT2D eigenvalue weighted by Crippen LogP contribution is 2.20. The van der Waals surface area contributed by atoms with E-state index in [2.05, 4.69) is 16.7 Å². The quantitative estimate of drug-likeness (QED) is 0.715. The lowest BCUT2D eigenvalue weighted by Crippen LogP contribution is -2.25. The Morgan fingerprint density at radius 1 is 1.40 bits per heavy atom. The van der Waals surface area contributed by atoms with Crippen molar-refractivity contribution in [2.45, 2.75) is 39.5 Å². The number of ketones is 1. The summed E-state index contributed by atoms with van der Waals surface area (Å²) in [5.41, 5.74) is 2.57. The summed E-state index contributed by atoms with van der Waals surface area (Å²) in [5, 5.41) is 5.98. The van der Waals surface area contributed by atoms with Gasteiger partial charge in [-0.1, -0.05) is 18.2 Å². The summed E-state index contributed by atoms with van der Waals surface area (Å²) in [6.07, 6.45) is 10.8. The van der Waals surface area contributed by atoms with Gasteiger partial charge in [-0.2, -0.15) is 0 Å². The zero-order chi connectivity index (χ0) is 14.8. The third-order valence-electron chi connectivity index (χ3n) is 3.12. The number of nitrogens with one attached hydrogen (secondary N) is 2. The summed E-state index contributed by atoms with van der Waals surface area (Å²) < 4.78 is 0. The minimum absolute atomic E-state index is 0.0248. The second kappa shape index (κ2) is 9.13. The van der Waals surface area contributed by atoms with E-state index in [1.807, 2.05) is 25.3 Å². The van der Waals surface area contributed by atoms with E-state index in [1.54, 1.807) is 0 Å². The van der Waals surface area contributed by atoms with E-state index >= 15 is 0 Å². The normalized spacial score (nSPS) is 16.3. The van der Waals surface area contributed by atoms with Crippen LogP contribution in [0.15, 0.2) is 35.6 Å². The molecule has 2 N–H and O–H groups in total. The Morgan fingerprint density at radius 3 is 2.90 bits per heavy atom. The van der Waals surface area contributed by atoms with Crippen LogP contribution >= 0.6 is 0 Å². The molecule has 0 atom stereocenters. The fourth-order valence-corrected chi connectivity index (χ4v) is 2.01. The summed E-state index contributed by atoms with van der Waals surface area (Å²) in [4.78, 5) is 22.3. The second-order valence-corrected chi connectivity index (χ2v) is 4.92. The van der Waals surface area contributed by atoms with Crippen LogP contribution in [0.1, 0.15) is 39.5 Å². The third-order valence-corrected chi connectivity index (χ3v) is 3.12. The van der Waals surface area contributed by atoms with Crippen LogP contribution in [-0.4, -0.2) is 24.8 Å².